The van der Waals surface area contributed by atoms with Crippen molar-refractivity contribution in [1.29, 1.82) is 0 Å². The Kier molecular flexibility index (Phi) is 4.39. The molecule has 0 N–H and O–H groups in total. The van der Waals surface area contributed by atoms with E-state index in [4.69, 9.17) is 14.2 Å². The molecule has 0 saturated heterocycles. The highest BCUT2D eigenvalue weighted by Crippen LogP contribution is 2.30. The van der Waals surface area contributed by atoms with E-state index >= 15 is 0 Å². The lowest BCUT2D eigenvalue weighted by atomic mass is 10.2. The maximum Gasteiger partial charge on any atom is 0.342 e. The minimum Gasteiger partial charge on any atom is -0.493 e. The van der Waals surface area contributed by atoms with Gasteiger partial charge >= 0.3 is 5.97 Å². The van der Waals surface area contributed by atoms with Gasteiger partial charge in [-0.3, -0.25) is 0 Å². The molecule has 1 rings (SSSR count). The number of ether oxygens (including phenoxy) is 3. The second kappa shape index (κ2) is 5.80. The van der Waals surface area contributed by atoms with Gasteiger partial charge in [-0.05, 0) is 12.1 Å². The molecule has 0 aromatic heterocycles. The Labute approximate surface area is 94.4 Å². The van der Waals surface area contributed by atoms with Crippen LogP contribution in [0.25, 0.3) is 0 Å². The van der Waals surface area contributed by atoms with Gasteiger partial charge in [-0.15, -0.1) is 0 Å². The second-order valence-electron chi connectivity index (χ2n) is 2.93. The first-order valence-corrected chi connectivity index (χ1v) is 4.73. The number of carbonyl (C=O) groups is 1. The Morgan fingerprint density at radius 1 is 1.38 bits per heavy atom. The summed E-state index contributed by atoms with van der Waals surface area (Å²) >= 11 is 0. The van der Waals surface area contributed by atoms with Gasteiger partial charge in [-0.2, -0.15) is 0 Å². The van der Waals surface area contributed by atoms with Gasteiger partial charge in [0.05, 0.1) is 14.2 Å². The SMILES string of the molecule is C=CCOC(=O)c1cccc(OC)c1OC. The fourth-order valence-electron chi connectivity index (χ4n) is 1.26. The van der Waals surface area contributed by atoms with E-state index in [1.807, 2.05) is 0 Å². The van der Waals surface area contributed by atoms with Crippen LogP contribution in [-0.4, -0.2) is 26.8 Å². The third kappa shape index (κ3) is 2.53. The Morgan fingerprint density at radius 3 is 2.69 bits per heavy atom. The van der Waals surface area contributed by atoms with Crippen LogP contribution in [0.5, 0.6) is 11.5 Å². The topological polar surface area (TPSA) is 44.8 Å². The van der Waals surface area contributed by atoms with E-state index in [0.29, 0.717) is 17.1 Å². The van der Waals surface area contributed by atoms with E-state index in [-0.39, 0.29) is 6.61 Å². The normalized spacial score (nSPS) is 9.38. The van der Waals surface area contributed by atoms with Crippen LogP contribution in [0.2, 0.25) is 0 Å². The van der Waals surface area contributed by atoms with Crippen molar-refractivity contribution >= 4 is 5.97 Å². The molecule has 0 amide bonds. The zero-order valence-electron chi connectivity index (χ0n) is 9.36. The summed E-state index contributed by atoms with van der Waals surface area (Å²) in [5.41, 5.74) is 0.337. The van der Waals surface area contributed by atoms with Crippen molar-refractivity contribution in [1.82, 2.24) is 0 Å². The highest BCUT2D eigenvalue weighted by Gasteiger charge is 2.16. The molecule has 1 aromatic rings. The molecule has 0 saturated carbocycles. The first-order chi connectivity index (χ1) is 7.74. The molecule has 0 radical (unpaired) electrons. The fraction of sp³-hybridized carbons (Fsp3) is 0.250. The molecule has 0 unspecified atom stereocenters. The second-order valence-corrected chi connectivity index (χ2v) is 2.93. The molecule has 0 atom stereocenters. The van der Waals surface area contributed by atoms with Crippen molar-refractivity contribution in [3.05, 3.63) is 36.4 Å². The predicted octanol–water partition coefficient (Wildman–Crippen LogP) is 2.05. The summed E-state index contributed by atoms with van der Waals surface area (Å²) in [5, 5.41) is 0. The molecule has 0 aliphatic heterocycles. The Balaban J connectivity index is 3.02. The molecule has 4 nitrogen and oxygen atoms in total. The van der Waals surface area contributed by atoms with Crippen molar-refractivity contribution in [3.63, 3.8) is 0 Å². The largest absolute Gasteiger partial charge is 0.493 e. The fourth-order valence-corrected chi connectivity index (χ4v) is 1.26. The number of esters is 1. The summed E-state index contributed by atoms with van der Waals surface area (Å²) in [6, 6.07) is 5.03. The Bertz CT molecular complexity index is 385. The summed E-state index contributed by atoms with van der Waals surface area (Å²) in [6.45, 7) is 3.64. The van der Waals surface area contributed by atoms with Crippen molar-refractivity contribution < 1.29 is 19.0 Å². The molecular weight excluding hydrogens is 208 g/mol. The molecule has 0 aliphatic rings. The molecule has 0 fully saturated rings. The van der Waals surface area contributed by atoms with E-state index in [2.05, 4.69) is 6.58 Å². The lowest BCUT2D eigenvalue weighted by Crippen LogP contribution is -2.07. The highest BCUT2D eigenvalue weighted by atomic mass is 16.5. The van der Waals surface area contributed by atoms with Gasteiger partial charge in [0, 0.05) is 0 Å². The zero-order chi connectivity index (χ0) is 12.0. The lowest BCUT2D eigenvalue weighted by molar-refractivity contribution is 0.0545. The van der Waals surface area contributed by atoms with Crippen LogP contribution in [0.1, 0.15) is 10.4 Å². The predicted molar refractivity (Wildman–Crippen MR) is 60.0 cm³/mol. The third-order valence-electron chi connectivity index (χ3n) is 1.96. The minimum atomic E-state index is -0.462. The van der Waals surface area contributed by atoms with Crippen LogP contribution < -0.4 is 9.47 Å². The van der Waals surface area contributed by atoms with Crippen molar-refractivity contribution in [2.45, 2.75) is 0 Å². The van der Waals surface area contributed by atoms with Gasteiger partial charge in [0.2, 0.25) is 0 Å². The van der Waals surface area contributed by atoms with Crippen molar-refractivity contribution in [2.24, 2.45) is 0 Å². The monoisotopic (exact) mass is 222 g/mol. The molecule has 0 spiro atoms. The first kappa shape index (κ1) is 12.1. The van der Waals surface area contributed by atoms with Crippen LogP contribution >= 0.6 is 0 Å². The molecule has 0 heterocycles. The molecule has 0 aliphatic carbocycles. The smallest absolute Gasteiger partial charge is 0.342 e. The highest BCUT2D eigenvalue weighted by molar-refractivity contribution is 5.93. The number of rotatable bonds is 5. The summed E-state index contributed by atoms with van der Waals surface area (Å²) in [4.78, 5) is 11.6. The molecule has 4 heteroatoms. The number of hydrogen-bond acceptors (Lipinski definition) is 4. The van der Waals surface area contributed by atoms with Gasteiger partial charge in [0.1, 0.15) is 12.2 Å². The molecule has 16 heavy (non-hydrogen) atoms. The first-order valence-electron chi connectivity index (χ1n) is 4.73. The van der Waals surface area contributed by atoms with E-state index in [1.165, 1.54) is 20.3 Å². The number of methoxy groups -OCH3 is 2. The number of hydrogen-bond donors (Lipinski definition) is 0. The number of para-hydroxylation sites is 1. The summed E-state index contributed by atoms with van der Waals surface area (Å²) in [6.07, 6.45) is 1.50. The Hall–Kier alpha value is -1.97. The third-order valence-corrected chi connectivity index (χ3v) is 1.96. The van der Waals surface area contributed by atoms with E-state index in [0.717, 1.165) is 0 Å². The van der Waals surface area contributed by atoms with Gasteiger partial charge < -0.3 is 14.2 Å². The van der Waals surface area contributed by atoms with Crippen LogP contribution in [0, 0.1) is 0 Å². The van der Waals surface area contributed by atoms with E-state index < -0.39 is 5.97 Å². The van der Waals surface area contributed by atoms with E-state index in [9.17, 15) is 4.79 Å². The number of benzene rings is 1. The molecular formula is C12H14O4. The average molecular weight is 222 g/mol. The maximum absolute atomic E-state index is 11.6. The van der Waals surface area contributed by atoms with Crippen LogP contribution in [-0.2, 0) is 4.74 Å². The van der Waals surface area contributed by atoms with Crippen molar-refractivity contribution in [3.8, 4) is 11.5 Å². The van der Waals surface area contributed by atoms with Gasteiger partial charge in [0.15, 0.2) is 11.5 Å². The quantitative estimate of drug-likeness (QED) is 0.565. The molecule has 86 valence electrons. The van der Waals surface area contributed by atoms with Crippen LogP contribution in [0.4, 0.5) is 0 Å². The number of carbonyl (C=O) groups excluding carboxylic acids is 1. The lowest BCUT2D eigenvalue weighted by Gasteiger charge is -2.11. The molecule has 0 bridgehead atoms. The van der Waals surface area contributed by atoms with Crippen LogP contribution in [0.15, 0.2) is 30.9 Å². The molecule has 1 aromatic carbocycles. The minimum absolute atomic E-state index is 0.166. The van der Waals surface area contributed by atoms with Gasteiger partial charge in [0.25, 0.3) is 0 Å². The summed E-state index contributed by atoms with van der Waals surface area (Å²) in [5.74, 6) is 0.408. The maximum atomic E-state index is 11.6. The van der Waals surface area contributed by atoms with E-state index in [1.54, 1.807) is 18.2 Å². The standard InChI is InChI=1S/C12H14O4/c1-4-8-16-12(13)9-6-5-7-10(14-2)11(9)15-3/h4-7H,1,8H2,2-3H3. The van der Waals surface area contributed by atoms with Gasteiger partial charge in [-0.1, -0.05) is 18.7 Å². The average Bonchev–Trinajstić information content (AvgIpc) is 2.34. The van der Waals surface area contributed by atoms with Crippen LogP contribution in [0.3, 0.4) is 0 Å². The van der Waals surface area contributed by atoms with Gasteiger partial charge in [-0.25, -0.2) is 4.79 Å². The Morgan fingerprint density at radius 2 is 2.12 bits per heavy atom. The summed E-state index contributed by atoms with van der Waals surface area (Å²) < 4.78 is 15.1. The summed E-state index contributed by atoms with van der Waals surface area (Å²) in [7, 11) is 2.98. The zero-order valence-corrected chi connectivity index (χ0v) is 9.36. The van der Waals surface area contributed by atoms with Crippen molar-refractivity contribution in [2.75, 3.05) is 20.8 Å².